The molecule has 0 saturated carbocycles. The summed E-state index contributed by atoms with van der Waals surface area (Å²) in [7, 11) is 0. The molecule has 3 rings (SSSR count). The minimum absolute atomic E-state index is 0.224. The molecule has 2 aromatic carbocycles. The minimum Gasteiger partial charge on any atom is -0.459 e. The highest BCUT2D eigenvalue weighted by Gasteiger charge is 2.27. The Bertz CT molecular complexity index is 657. The summed E-state index contributed by atoms with van der Waals surface area (Å²) >= 11 is 3.46. The van der Waals surface area contributed by atoms with Crippen molar-refractivity contribution in [3.8, 4) is 0 Å². The van der Waals surface area contributed by atoms with Gasteiger partial charge in [0.25, 0.3) is 0 Å². The van der Waals surface area contributed by atoms with E-state index in [-0.39, 0.29) is 18.6 Å². The van der Waals surface area contributed by atoms with Crippen LogP contribution in [0.25, 0.3) is 0 Å². The summed E-state index contributed by atoms with van der Waals surface area (Å²) in [6, 6.07) is 15.4. The van der Waals surface area contributed by atoms with Crippen LogP contribution in [0.1, 0.15) is 22.7 Å². The maximum atomic E-state index is 12.3. The number of halogens is 1. The lowest BCUT2D eigenvalue weighted by atomic mass is 9.94. The number of esters is 1. The van der Waals surface area contributed by atoms with Crippen LogP contribution in [-0.4, -0.2) is 12.5 Å². The van der Waals surface area contributed by atoms with E-state index in [9.17, 15) is 4.79 Å². The molecule has 1 atom stereocenters. The third kappa shape index (κ3) is 3.17. The Kier molecular flexibility index (Phi) is 4.36. The first-order valence-electron chi connectivity index (χ1n) is 6.97. The Morgan fingerprint density at radius 1 is 1.19 bits per heavy atom. The van der Waals surface area contributed by atoms with E-state index in [1.165, 1.54) is 5.56 Å². The summed E-state index contributed by atoms with van der Waals surface area (Å²) in [6.45, 7) is 1.08. The van der Waals surface area contributed by atoms with Crippen molar-refractivity contribution in [3.63, 3.8) is 0 Å². The Morgan fingerprint density at radius 3 is 2.81 bits per heavy atom. The molecule has 4 heteroatoms. The van der Waals surface area contributed by atoms with Gasteiger partial charge in [-0.15, -0.1) is 0 Å². The summed E-state index contributed by atoms with van der Waals surface area (Å²) in [6.07, 6.45) is 0.949. The standard InChI is InChI=1S/C17H16BrNO2/c18-15-8-4-2-6-13(15)11-21-17(20)16-14-7-3-1-5-12(14)9-10-19-16/h1-8,16,19H,9-11H2. The number of hydrogen-bond acceptors (Lipinski definition) is 3. The maximum absolute atomic E-state index is 12.3. The number of rotatable bonds is 3. The lowest BCUT2D eigenvalue weighted by molar-refractivity contribution is -0.147. The maximum Gasteiger partial charge on any atom is 0.328 e. The van der Waals surface area contributed by atoms with Gasteiger partial charge in [-0.25, -0.2) is 4.79 Å². The zero-order valence-corrected chi connectivity index (χ0v) is 13.1. The third-order valence-electron chi connectivity index (χ3n) is 3.67. The molecule has 1 unspecified atom stereocenters. The topological polar surface area (TPSA) is 38.3 Å². The molecule has 0 amide bonds. The van der Waals surface area contributed by atoms with Gasteiger partial charge in [-0.2, -0.15) is 0 Å². The van der Waals surface area contributed by atoms with Gasteiger partial charge in [0.15, 0.2) is 0 Å². The number of ether oxygens (including phenoxy) is 1. The van der Waals surface area contributed by atoms with Gasteiger partial charge >= 0.3 is 5.97 Å². The zero-order chi connectivity index (χ0) is 14.7. The van der Waals surface area contributed by atoms with Gasteiger partial charge in [0, 0.05) is 16.6 Å². The molecule has 1 aliphatic rings. The molecule has 0 aliphatic carbocycles. The molecule has 0 aromatic heterocycles. The monoisotopic (exact) mass is 345 g/mol. The lowest BCUT2D eigenvalue weighted by Crippen LogP contribution is -2.36. The number of carbonyl (C=O) groups excluding carboxylic acids is 1. The van der Waals surface area contributed by atoms with Crippen LogP contribution >= 0.6 is 15.9 Å². The van der Waals surface area contributed by atoms with Crippen LogP contribution < -0.4 is 5.32 Å². The van der Waals surface area contributed by atoms with E-state index in [1.807, 2.05) is 42.5 Å². The first-order chi connectivity index (χ1) is 10.3. The van der Waals surface area contributed by atoms with Gasteiger partial charge < -0.3 is 10.1 Å². The van der Waals surface area contributed by atoms with E-state index in [4.69, 9.17) is 4.74 Å². The molecule has 1 aliphatic heterocycles. The quantitative estimate of drug-likeness (QED) is 0.866. The molecule has 21 heavy (non-hydrogen) atoms. The van der Waals surface area contributed by atoms with Crippen LogP contribution in [0, 0.1) is 0 Å². The molecule has 0 spiro atoms. The average Bonchev–Trinajstić information content (AvgIpc) is 2.53. The fraction of sp³-hybridized carbons (Fsp3) is 0.235. The van der Waals surface area contributed by atoms with E-state index < -0.39 is 0 Å². The molecule has 108 valence electrons. The van der Waals surface area contributed by atoms with Crippen molar-refractivity contribution in [1.82, 2.24) is 5.32 Å². The van der Waals surface area contributed by atoms with Crippen molar-refractivity contribution in [2.45, 2.75) is 19.1 Å². The third-order valence-corrected chi connectivity index (χ3v) is 4.45. The van der Waals surface area contributed by atoms with E-state index in [1.54, 1.807) is 0 Å². The first-order valence-corrected chi connectivity index (χ1v) is 7.76. The SMILES string of the molecule is O=C(OCc1ccccc1Br)C1NCCc2ccccc21. The van der Waals surface area contributed by atoms with Crippen LogP contribution in [0.5, 0.6) is 0 Å². The zero-order valence-electron chi connectivity index (χ0n) is 11.5. The highest BCUT2D eigenvalue weighted by Crippen LogP contribution is 2.24. The summed E-state index contributed by atoms with van der Waals surface area (Å²) in [5, 5.41) is 3.24. The van der Waals surface area contributed by atoms with E-state index in [0.29, 0.717) is 0 Å². The smallest absolute Gasteiger partial charge is 0.328 e. The molecule has 0 fully saturated rings. The lowest BCUT2D eigenvalue weighted by Gasteiger charge is -2.25. The van der Waals surface area contributed by atoms with E-state index >= 15 is 0 Å². The number of carbonyl (C=O) groups is 1. The largest absolute Gasteiger partial charge is 0.459 e. The molecule has 2 aromatic rings. The normalized spacial score (nSPS) is 17.1. The molecule has 0 saturated heterocycles. The Balaban J connectivity index is 1.71. The molecule has 1 N–H and O–H groups in total. The van der Waals surface area contributed by atoms with Gasteiger partial charge in [0.1, 0.15) is 12.6 Å². The minimum atomic E-state index is -0.363. The fourth-order valence-electron chi connectivity index (χ4n) is 2.56. The summed E-state index contributed by atoms with van der Waals surface area (Å²) in [5.74, 6) is -0.224. The molecule has 0 bridgehead atoms. The summed E-state index contributed by atoms with van der Waals surface area (Å²) in [5.41, 5.74) is 3.22. The number of hydrogen-bond donors (Lipinski definition) is 1. The predicted octanol–water partition coefficient (Wildman–Crippen LogP) is 3.38. The van der Waals surface area contributed by atoms with E-state index in [2.05, 4.69) is 27.3 Å². The van der Waals surface area contributed by atoms with Crippen LogP contribution in [0.4, 0.5) is 0 Å². The van der Waals surface area contributed by atoms with Gasteiger partial charge in [-0.3, -0.25) is 0 Å². The van der Waals surface area contributed by atoms with Gasteiger partial charge in [0.2, 0.25) is 0 Å². The van der Waals surface area contributed by atoms with Crippen LogP contribution in [0.15, 0.2) is 53.0 Å². The van der Waals surface area contributed by atoms with Gasteiger partial charge in [0.05, 0.1) is 0 Å². The number of fused-ring (bicyclic) bond motifs is 1. The van der Waals surface area contributed by atoms with Crippen molar-refractivity contribution in [2.24, 2.45) is 0 Å². The van der Waals surface area contributed by atoms with Crippen molar-refractivity contribution >= 4 is 21.9 Å². The molecule has 1 heterocycles. The molecular formula is C17H16BrNO2. The van der Waals surface area contributed by atoms with E-state index in [0.717, 1.165) is 28.6 Å². The Morgan fingerprint density at radius 2 is 1.95 bits per heavy atom. The Hall–Kier alpha value is -1.65. The second-order valence-corrected chi connectivity index (χ2v) is 5.89. The van der Waals surface area contributed by atoms with Crippen LogP contribution in [-0.2, 0) is 22.6 Å². The van der Waals surface area contributed by atoms with Gasteiger partial charge in [-0.1, -0.05) is 58.4 Å². The second kappa shape index (κ2) is 6.41. The van der Waals surface area contributed by atoms with Crippen LogP contribution in [0.2, 0.25) is 0 Å². The summed E-state index contributed by atoms with van der Waals surface area (Å²) in [4.78, 5) is 12.3. The highest BCUT2D eigenvalue weighted by atomic mass is 79.9. The van der Waals surface area contributed by atoms with Crippen molar-refractivity contribution < 1.29 is 9.53 Å². The predicted molar refractivity (Wildman–Crippen MR) is 84.8 cm³/mol. The Labute approximate surface area is 132 Å². The number of nitrogens with one attached hydrogen (secondary N) is 1. The van der Waals surface area contributed by atoms with Crippen molar-refractivity contribution in [2.75, 3.05) is 6.54 Å². The van der Waals surface area contributed by atoms with Crippen molar-refractivity contribution in [3.05, 3.63) is 69.7 Å². The number of benzene rings is 2. The molecule has 3 nitrogen and oxygen atoms in total. The van der Waals surface area contributed by atoms with Crippen molar-refractivity contribution in [1.29, 1.82) is 0 Å². The fourth-order valence-corrected chi connectivity index (χ4v) is 2.96. The summed E-state index contributed by atoms with van der Waals surface area (Å²) < 4.78 is 6.43. The average molecular weight is 346 g/mol. The first kappa shape index (κ1) is 14.3. The highest BCUT2D eigenvalue weighted by molar-refractivity contribution is 9.10. The van der Waals surface area contributed by atoms with Gasteiger partial charge in [-0.05, 0) is 23.6 Å². The van der Waals surface area contributed by atoms with Crippen LogP contribution in [0.3, 0.4) is 0 Å². The molecule has 0 radical (unpaired) electrons. The second-order valence-electron chi connectivity index (χ2n) is 5.04. The molecular weight excluding hydrogens is 330 g/mol.